The summed E-state index contributed by atoms with van der Waals surface area (Å²) in [5, 5.41) is 11.5. The van der Waals surface area contributed by atoms with E-state index >= 15 is 0 Å². The van der Waals surface area contributed by atoms with Gasteiger partial charge in [0.2, 0.25) is 5.91 Å². The number of hydrogen-bond acceptors (Lipinski definition) is 4. The summed E-state index contributed by atoms with van der Waals surface area (Å²) in [5.41, 5.74) is -0.463. The molecule has 0 fully saturated rings. The van der Waals surface area contributed by atoms with Crippen LogP contribution in [0.3, 0.4) is 0 Å². The Morgan fingerprint density at radius 1 is 1.69 bits per heavy atom. The van der Waals surface area contributed by atoms with Crippen LogP contribution in [0.2, 0.25) is 0 Å². The second-order valence-electron chi connectivity index (χ2n) is 3.39. The number of aromatic nitrogens is 2. The summed E-state index contributed by atoms with van der Waals surface area (Å²) in [4.78, 5) is 26.2. The maximum Gasteiger partial charge on any atom is 0.347 e. The summed E-state index contributed by atoms with van der Waals surface area (Å²) in [6.45, 7) is 1.67. The molecule has 0 bridgehead atoms. The molecule has 0 saturated heterocycles. The van der Waals surface area contributed by atoms with Crippen molar-refractivity contribution in [3.63, 3.8) is 0 Å². The van der Waals surface area contributed by atoms with E-state index in [0.717, 1.165) is 0 Å². The van der Waals surface area contributed by atoms with E-state index in [4.69, 9.17) is 5.11 Å². The summed E-state index contributed by atoms with van der Waals surface area (Å²) in [5.74, 6) is -0.309. The van der Waals surface area contributed by atoms with E-state index in [1.165, 1.54) is 17.0 Å². The van der Waals surface area contributed by atoms with E-state index in [2.05, 4.69) is 10.3 Å². The third kappa shape index (κ3) is 3.47. The van der Waals surface area contributed by atoms with Crippen LogP contribution >= 0.6 is 0 Å². The third-order valence-corrected chi connectivity index (χ3v) is 2.18. The van der Waals surface area contributed by atoms with Gasteiger partial charge in [0.25, 0.3) is 0 Å². The number of rotatable bonds is 5. The molecular formula is C10H15N3O3. The molecule has 6 heteroatoms. The number of nitrogens with one attached hydrogen (secondary N) is 1. The molecule has 0 aliphatic rings. The third-order valence-electron chi connectivity index (χ3n) is 2.18. The molecule has 1 aromatic heterocycles. The summed E-state index contributed by atoms with van der Waals surface area (Å²) in [6.07, 6.45) is 3.51. The first kappa shape index (κ1) is 12.4. The Morgan fingerprint density at radius 3 is 3.00 bits per heavy atom. The smallest absolute Gasteiger partial charge is 0.347 e. The van der Waals surface area contributed by atoms with Gasteiger partial charge in [-0.2, -0.15) is 0 Å². The Morgan fingerprint density at radius 2 is 2.44 bits per heavy atom. The predicted molar refractivity (Wildman–Crippen MR) is 57.8 cm³/mol. The van der Waals surface area contributed by atoms with E-state index in [-0.39, 0.29) is 25.1 Å². The van der Waals surface area contributed by atoms with Crippen LogP contribution in [0.1, 0.15) is 13.3 Å². The Kier molecular flexibility index (Phi) is 4.65. The molecule has 2 N–H and O–H groups in total. The van der Waals surface area contributed by atoms with Gasteiger partial charge in [0.05, 0.1) is 12.6 Å². The highest BCUT2D eigenvalue weighted by molar-refractivity contribution is 5.76. The lowest BCUT2D eigenvalue weighted by Gasteiger charge is -2.14. The molecular weight excluding hydrogens is 210 g/mol. The predicted octanol–water partition coefficient (Wildman–Crippen LogP) is -0.870. The van der Waals surface area contributed by atoms with Crippen LogP contribution in [-0.4, -0.2) is 33.2 Å². The standard InChI is InChI=1S/C10H15N3O3/c1-2-8(7-14)12-9(15)6-13-5-3-4-11-10(13)16/h3-5,8,14H,2,6-7H2,1H3,(H,12,15)/t8-/m1/s1. The summed E-state index contributed by atoms with van der Waals surface area (Å²) >= 11 is 0. The van der Waals surface area contributed by atoms with Crippen LogP contribution in [0.4, 0.5) is 0 Å². The van der Waals surface area contributed by atoms with Crippen LogP contribution in [-0.2, 0) is 11.3 Å². The van der Waals surface area contributed by atoms with Gasteiger partial charge in [-0.1, -0.05) is 6.92 Å². The molecule has 1 heterocycles. The first-order chi connectivity index (χ1) is 7.67. The number of amides is 1. The minimum atomic E-state index is -0.463. The van der Waals surface area contributed by atoms with Gasteiger partial charge in [0, 0.05) is 12.4 Å². The van der Waals surface area contributed by atoms with Gasteiger partial charge in [-0.05, 0) is 12.5 Å². The number of hydrogen-bond donors (Lipinski definition) is 2. The van der Waals surface area contributed by atoms with Crippen LogP contribution in [0.25, 0.3) is 0 Å². The van der Waals surface area contributed by atoms with E-state index in [1.807, 2.05) is 6.92 Å². The average molecular weight is 225 g/mol. The van der Waals surface area contributed by atoms with E-state index in [0.29, 0.717) is 6.42 Å². The fraction of sp³-hybridized carbons (Fsp3) is 0.500. The van der Waals surface area contributed by atoms with Crippen molar-refractivity contribution >= 4 is 5.91 Å². The Labute approximate surface area is 92.9 Å². The van der Waals surface area contributed by atoms with E-state index < -0.39 is 5.69 Å². The molecule has 6 nitrogen and oxygen atoms in total. The zero-order valence-electron chi connectivity index (χ0n) is 9.09. The monoisotopic (exact) mass is 225 g/mol. The molecule has 1 rings (SSSR count). The van der Waals surface area contributed by atoms with Gasteiger partial charge in [0.15, 0.2) is 0 Å². The Bertz CT molecular complexity index is 398. The largest absolute Gasteiger partial charge is 0.394 e. The van der Waals surface area contributed by atoms with Gasteiger partial charge in [0.1, 0.15) is 6.54 Å². The molecule has 1 aromatic rings. The fourth-order valence-corrected chi connectivity index (χ4v) is 1.21. The van der Waals surface area contributed by atoms with Crippen molar-refractivity contribution in [3.8, 4) is 0 Å². The van der Waals surface area contributed by atoms with Crippen molar-refractivity contribution in [1.82, 2.24) is 14.9 Å². The molecule has 0 aliphatic carbocycles. The number of carbonyl (C=O) groups is 1. The number of aliphatic hydroxyl groups is 1. The number of carbonyl (C=O) groups excluding carboxylic acids is 1. The Balaban J connectivity index is 2.58. The summed E-state index contributed by atoms with van der Waals surface area (Å²) in [7, 11) is 0. The molecule has 0 spiro atoms. The van der Waals surface area contributed by atoms with Crippen molar-refractivity contribution in [1.29, 1.82) is 0 Å². The number of aliphatic hydroxyl groups excluding tert-OH is 1. The van der Waals surface area contributed by atoms with Crippen molar-refractivity contribution < 1.29 is 9.90 Å². The number of nitrogens with zero attached hydrogens (tertiary/aromatic N) is 2. The maximum absolute atomic E-state index is 11.5. The van der Waals surface area contributed by atoms with Gasteiger partial charge in [-0.3, -0.25) is 9.36 Å². The fourth-order valence-electron chi connectivity index (χ4n) is 1.21. The van der Waals surface area contributed by atoms with Crippen molar-refractivity contribution in [2.75, 3.05) is 6.61 Å². The highest BCUT2D eigenvalue weighted by atomic mass is 16.3. The second-order valence-corrected chi connectivity index (χ2v) is 3.39. The van der Waals surface area contributed by atoms with E-state index in [9.17, 15) is 9.59 Å². The van der Waals surface area contributed by atoms with Gasteiger partial charge in [-0.15, -0.1) is 0 Å². The maximum atomic E-state index is 11.5. The molecule has 0 aromatic carbocycles. The van der Waals surface area contributed by atoms with Gasteiger partial charge >= 0.3 is 5.69 Å². The molecule has 1 amide bonds. The molecule has 0 saturated carbocycles. The highest BCUT2D eigenvalue weighted by Crippen LogP contribution is 1.89. The molecule has 0 radical (unpaired) electrons. The lowest BCUT2D eigenvalue weighted by atomic mass is 10.2. The van der Waals surface area contributed by atoms with Crippen LogP contribution in [0.5, 0.6) is 0 Å². The van der Waals surface area contributed by atoms with Crippen LogP contribution < -0.4 is 11.0 Å². The topological polar surface area (TPSA) is 84.2 Å². The normalized spacial score (nSPS) is 12.1. The van der Waals surface area contributed by atoms with Crippen LogP contribution in [0.15, 0.2) is 23.3 Å². The van der Waals surface area contributed by atoms with Crippen molar-refractivity contribution in [3.05, 3.63) is 28.9 Å². The molecule has 16 heavy (non-hydrogen) atoms. The first-order valence-electron chi connectivity index (χ1n) is 5.09. The lowest BCUT2D eigenvalue weighted by molar-refractivity contribution is -0.122. The Hall–Kier alpha value is -1.69. The highest BCUT2D eigenvalue weighted by Gasteiger charge is 2.09. The summed E-state index contributed by atoms with van der Waals surface area (Å²) in [6, 6.07) is 1.32. The second kappa shape index (κ2) is 6.02. The quantitative estimate of drug-likeness (QED) is 0.682. The average Bonchev–Trinajstić information content (AvgIpc) is 2.29. The minimum absolute atomic E-state index is 0.0802. The molecule has 88 valence electrons. The van der Waals surface area contributed by atoms with Crippen molar-refractivity contribution in [2.45, 2.75) is 25.9 Å². The summed E-state index contributed by atoms with van der Waals surface area (Å²) < 4.78 is 1.21. The SMILES string of the molecule is CC[C@H](CO)NC(=O)Cn1cccnc1=O. The minimum Gasteiger partial charge on any atom is -0.394 e. The zero-order chi connectivity index (χ0) is 12.0. The van der Waals surface area contributed by atoms with Gasteiger partial charge in [-0.25, -0.2) is 9.78 Å². The molecule has 1 atom stereocenters. The van der Waals surface area contributed by atoms with Gasteiger partial charge < -0.3 is 10.4 Å². The first-order valence-corrected chi connectivity index (χ1v) is 5.09. The molecule has 0 aliphatic heterocycles. The van der Waals surface area contributed by atoms with E-state index in [1.54, 1.807) is 6.07 Å². The van der Waals surface area contributed by atoms with Crippen molar-refractivity contribution in [2.24, 2.45) is 0 Å². The lowest BCUT2D eigenvalue weighted by Crippen LogP contribution is -2.40. The van der Waals surface area contributed by atoms with Crippen LogP contribution in [0, 0.1) is 0 Å². The zero-order valence-corrected chi connectivity index (χ0v) is 9.09. The molecule has 0 unspecified atom stereocenters.